The van der Waals surface area contributed by atoms with E-state index in [1.165, 1.54) is 22.0 Å². The number of rotatable bonds is 5. The standard InChI is InChI=1S/C23H24N6O2S/c1-17-7-9-20(10-8-17)27-22-15-23(26-18(2)25-22)28-11-13-29(14-12-28)32(30,31)21-6-4-3-5-19(21)16-24/h3-10,15H,11-14H2,1-2H3,(H,25,26,27). The molecular formula is C23H24N6O2S. The van der Waals surface area contributed by atoms with E-state index in [1.807, 2.05) is 50.2 Å². The first-order valence-electron chi connectivity index (χ1n) is 10.3. The van der Waals surface area contributed by atoms with Gasteiger partial charge in [-0.15, -0.1) is 0 Å². The first-order chi connectivity index (χ1) is 15.4. The fraction of sp³-hybridized carbons (Fsp3) is 0.261. The highest BCUT2D eigenvalue weighted by molar-refractivity contribution is 7.89. The summed E-state index contributed by atoms with van der Waals surface area (Å²) in [5.41, 5.74) is 2.28. The van der Waals surface area contributed by atoms with Crippen LogP contribution in [0.2, 0.25) is 0 Å². The van der Waals surface area contributed by atoms with Crippen molar-refractivity contribution in [1.29, 1.82) is 5.26 Å². The van der Waals surface area contributed by atoms with Crippen LogP contribution in [0.25, 0.3) is 0 Å². The van der Waals surface area contributed by atoms with Crippen LogP contribution in [-0.2, 0) is 10.0 Å². The Hall–Kier alpha value is -3.48. The van der Waals surface area contributed by atoms with E-state index < -0.39 is 10.0 Å². The fourth-order valence-corrected chi connectivity index (χ4v) is 5.21. The molecule has 1 aliphatic heterocycles. The maximum atomic E-state index is 13.1. The summed E-state index contributed by atoms with van der Waals surface area (Å²) in [5, 5.41) is 12.6. The summed E-state index contributed by atoms with van der Waals surface area (Å²) in [6.07, 6.45) is 0. The molecule has 0 radical (unpaired) electrons. The van der Waals surface area contributed by atoms with Crippen LogP contribution in [0.1, 0.15) is 17.0 Å². The molecule has 1 N–H and O–H groups in total. The van der Waals surface area contributed by atoms with E-state index >= 15 is 0 Å². The average molecular weight is 449 g/mol. The summed E-state index contributed by atoms with van der Waals surface area (Å²) >= 11 is 0. The number of anilines is 3. The van der Waals surface area contributed by atoms with Gasteiger partial charge in [0.25, 0.3) is 0 Å². The van der Waals surface area contributed by atoms with E-state index in [4.69, 9.17) is 0 Å². The van der Waals surface area contributed by atoms with Gasteiger partial charge in [-0.3, -0.25) is 0 Å². The molecule has 9 heteroatoms. The minimum Gasteiger partial charge on any atom is -0.354 e. The van der Waals surface area contributed by atoms with Crippen molar-refractivity contribution in [2.75, 3.05) is 36.4 Å². The number of aryl methyl sites for hydroxylation is 2. The topological polar surface area (TPSA) is 102 Å². The van der Waals surface area contributed by atoms with Crippen LogP contribution in [0, 0.1) is 25.2 Å². The Labute approximate surface area is 188 Å². The molecule has 0 amide bonds. The summed E-state index contributed by atoms with van der Waals surface area (Å²) in [4.78, 5) is 11.1. The molecule has 4 rings (SSSR count). The first kappa shape index (κ1) is 21.7. The van der Waals surface area contributed by atoms with Gasteiger partial charge in [-0.25, -0.2) is 18.4 Å². The van der Waals surface area contributed by atoms with E-state index in [-0.39, 0.29) is 10.5 Å². The van der Waals surface area contributed by atoms with Crippen LogP contribution in [0.15, 0.2) is 59.5 Å². The van der Waals surface area contributed by atoms with Crippen molar-refractivity contribution in [2.45, 2.75) is 18.7 Å². The summed E-state index contributed by atoms with van der Waals surface area (Å²) in [5.74, 6) is 2.08. The molecule has 1 fully saturated rings. The molecule has 32 heavy (non-hydrogen) atoms. The Bertz CT molecular complexity index is 1260. The SMILES string of the molecule is Cc1ccc(Nc2cc(N3CCN(S(=O)(=O)c4ccccc4C#N)CC3)nc(C)n2)cc1. The molecule has 8 nitrogen and oxygen atoms in total. The Morgan fingerprint density at radius 2 is 1.66 bits per heavy atom. The molecule has 0 aliphatic carbocycles. The number of benzene rings is 2. The highest BCUT2D eigenvalue weighted by Gasteiger charge is 2.30. The van der Waals surface area contributed by atoms with Crippen LogP contribution in [-0.4, -0.2) is 48.9 Å². The zero-order valence-corrected chi connectivity index (χ0v) is 18.8. The van der Waals surface area contributed by atoms with Crippen LogP contribution in [0.5, 0.6) is 0 Å². The largest absolute Gasteiger partial charge is 0.354 e. The number of nitrogens with one attached hydrogen (secondary N) is 1. The lowest BCUT2D eigenvalue weighted by Crippen LogP contribution is -2.49. The zero-order chi connectivity index (χ0) is 22.7. The lowest BCUT2D eigenvalue weighted by Gasteiger charge is -2.35. The molecule has 0 spiro atoms. The molecule has 1 aliphatic rings. The predicted octanol–water partition coefficient (Wildman–Crippen LogP) is 3.22. The van der Waals surface area contributed by atoms with Gasteiger partial charge < -0.3 is 10.2 Å². The second-order valence-corrected chi connectivity index (χ2v) is 9.56. The molecule has 164 valence electrons. The molecule has 1 aromatic heterocycles. The van der Waals surface area contributed by atoms with Gasteiger partial charge >= 0.3 is 0 Å². The Morgan fingerprint density at radius 1 is 0.969 bits per heavy atom. The Balaban J connectivity index is 1.49. The van der Waals surface area contributed by atoms with Gasteiger partial charge in [0, 0.05) is 37.9 Å². The summed E-state index contributed by atoms with van der Waals surface area (Å²) in [6, 6.07) is 18.2. The van der Waals surface area contributed by atoms with Crippen molar-refractivity contribution < 1.29 is 8.42 Å². The number of hydrogen-bond donors (Lipinski definition) is 1. The summed E-state index contributed by atoms with van der Waals surface area (Å²) in [7, 11) is -3.73. The first-order valence-corrected chi connectivity index (χ1v) is 11.7. The molecule has 2 heterocycles. The molecular weight excluding hydrogens is 424 g/mol. The molecule has 0 bridgehead atoms. The molecule has 0 unspecified atom stereocenters. The van der Waals surface area contributed by atoms with Gasteiger partial charge in [-0.1, -0.05) is 29.8 Å². The second kappa shape index (κ2) is 8.94. The van der Waals surface area contributed by atoms with Gasteiger partial charge in [-0.2, -0.15) is 9.57 Å². The number of aromatic nitrogens is 2. The third kappa shape index (κ3) is 4.56. The van der Waals surface area contributed by atoms with Gasteiger partial charge in [0.2, 0.25) is 10.0 Å². The minimum absolute atomic E-state index is 0.0541. The number of sulfonamides is 1. The predicted molar refractivity (Wildman–Crippen MR) is 123 cm³/mol. The van der Waals surface area contributed by atoms with E-state index in [0.717, 1.165) is 11.5 Å². The molecule has 0 saturated carbocycles. The van der Waals surface area contributed by atoms with Gasteiger partial charge in [-0.05, 0) is 38.1 Å². The number of hydrogen-bond acceptors (Lipinski definition) is 7. The average Bonchev–Trinajstić information content (AvgIpc) is 2.80. The van der Waals surface area contributed by atoms with Crippen LogP contribution >= 0.6 is 0 Å². The fourth-order valence-electron chi connectivity index (χ4n) is 3.64. The number of nitrogens with zero attached hydrogens (tertiary/aromatic N) is 5. The highest BCUT2D eigenvalue weighted by Crippen LogP contribution is 2.24. The normalized spacial score (nSPS) is 14.7. The Morgan fingerprint density at radius 3 is 2.34 bits per heavy atom. The van der Waals surface area contributed by atoms with Crippen molar-refractivity contribution in [1.82, 2.24) is 14.3 Å². The lowest BCUT2D eigenvalue weighted by atomic mass is 10.2. The molecule has 2 aromatic carbocycles. The number of nitriles is 1. The monoisotopic (exact) mass is 448 g/mol. The second-order valence-electron chi connectivity index (χ2n) is 7.65. The van der Waals surface area contributed by atoms with Gasteiger partial charge in [0.15, 0.2) is 0 Å². The van der Waals surface area contributed by atoms with Crippen molar-refractivity contribution in [3.05, 3.63) is 71.5 Å². The molecule has 3 aromatic rings. The van der Waals surface area contributed by atoms with Gasteiger partial charge in [0.1, 0.15) is 23.5 Å². The van der Waals surface area contributed by atoms with E-state index in [1.54, 1.807) is 12.1 Å². The van der Waals surface area contributed by atoms with Crippen molar-refractivity contribution >= 4 is 27.3 Å². The quantitative estimate of drug-likeness (QED) is 0.639. The van der Waals surface area contributed by atoms with E-state index in [0.29, 0.717) is 37.8 Å². The smallest absolute Gasteiger partial charge is 0.244 e. The Kier molecular flexibility index (Phi) is 6.08. The van der Waals surface area contributed by atoms with E-state index in [9.17, 15) is 13.7 Å². The highest BCUT2D eigenvalue weighted by atomic mass is 32.2. The zero-order valence-electron chi connectivity index (χ0n) is 18.0. The van der Waals surface area contributed by atoms with Crippen molar-refractivity contribution in [3.8, 4) is 6.07 Å². The third-order valence-electron chi connectivity index (χ3n) is 5.34. The minimum atomic E-state index is -3.73. The maximum absolute atomic E-state index is 13.1. The lowest BCUT2D eigenvalue weighted by molar-refractivity contribution is 0.383. The molecule has 0 atom stereocenters. The van der Waals surface area contributed by atoms with Gasteiger partial charge in [0.05, 0.1) is 10.5 Å². The van der Waals surface area contributed by atoms with Crippen molar-refractivity contribution in [3.63, 3.8) is 0 Å². The van der Waals surface area contributed by atoms with Crippen LogP contribution in [0.4, 0.5) is 17.3 Å². The summed E-state index contributed by atoms with van der Waals surface area (Å²) < 4.78 is 27.6. The summed E-state index contributed by atoms with van der Waals surface area (Å²) in [6.45, 7) is 5.49. The van der Waals surface area contributed by atoms with Crippen LogP contribution in [0.3, 0.4) is 0 Å². The number of piperazine rings is 1. The van der Waals surface area contributed by atoms with Crippen molar-refractivity contribution in [2.24, 2.45) is 0 Å². The van der Waals surface area contributed by atoms with E-state index in [2.05, 4.69) is 20.2 Å². The van der Waals surface area contributed by atoms with Crippen LogP contribution < -0.4 is 10.2 Å². The molecule has 1 saturated heterocycles. The maximum Gasteiger partial charge on any atom is 0.244 e. The third-order valence-corrected chi connectivity index (χ3v) is 7.29.